The summed E-state index contributed by atoms with van der Waals surface area (Å²) in [6.07, 6.45) is 3.54. The van der Waals surface area contributed by atoms with Crippen LogP contribution >= 0.6 is 0 Å². The fourth-order valence-corrected chi connectivity index (χ4v) is 2.57. The molecule has 2 aromatic rings. The van der Waals surface area contributed by atoms with E-state index >= 15 is 0 Å². The van der Waals surface area contributed by atoms with Crippen LogP contribution in [0.4, 0.5) is 5.69 Å². The van der Waals surface area contributed by atoms with Crippen LogP contribution in [0.2, 0.25) is 0 Å². The van der Waals surface area contributed by atoms with Crippen molar-refractivity contribution in [2.45, 2.75) is 19.8 Å². The lowest BCUT2D eigenvalue weighted by atomic mass is 10.0. The van der Waals surface area contributed by atoms with E-state index in [0.29, 0.717) is 11.4 Å². The molecule has 2 aromatic carbocycles. The van der Waals surface area contributed by atoms with Gasteiger partial charge in [-0.25, -0.2) is 0 Å². The van der Waals surface area contributed by atoms with E-state index in [1.54, 1.807) is 13.1 Å². The van der Waals surface area contributed by atoms with Crippen molar-refractivity contribution in [3.63, 3.8) is 0 Å². The molecule has 1 heterocycles. The zero-order valence-corrected chi connectivity index (χ0v) is 13.1. The van der Waals surface area contributed by atoms with Crippen LogP contribution in [0.15, 0.2) is 51.6 Å². The van der Waals surface area contributed by atoms with Crippen LogP contribution in [0.3, 0.4) is 0 Å². The molecule has 0 fully saturated rings. The third-order valence-electron chi connectivity index (χ3n) is 3.71. The molecule has 0 radical (unpaired) electrons. The van der Waals surface area contributed by atoms with Crippen LogP contribution in [-0.4, -0.2) is 33.0 Å². The Balaban J connectivity index is 1.88. The molecule has 3 rings (SSSR count). The van der Waals surface area contributed by atoms with Gasteiger partial charge in [-0.3, -0.25) is 4.99 Å². The fourth-order valence-electron chi connectivity index (χ4n) is 2.57. The van der Waals surface area contributed by atoms with Gasteiger partial charge in [0.25, 0.3) is 0 Å². The maximum atomic E-state index is 9.90. The highest BCUT2D eigenvalue weighted by Gasteiger charge is 2.13. The predicted octanol–water partition coefficient (Wildman–Crippen LogP) is 3.51. The SMILES string of the molecule is CC(=Nc1ccc(C2=NN=CCC2)cc1)c1c(O)cc(O)cc1O. The van der Waals surface area contributed by atoms with Crippen LogP contribution < -0.4 is 0 Å². The van der Waals surface area contributed by atoms with Crippen LogP contribution in [-0.2, 0) is 0 Å². The second kappa shape index (κ2) is 6.54. The average Bonchev–Trinajstić information content (AvgIpc) is 2.55. The normalized spacial score (nSPS) is 14.5. The van der Waals surface area contributed by atoms with Crippen molar-refractivity contribution in [3.05, 3.63) is 47.5 Å². The minimum Gasteiger partial charge on any atom is -0.508 e. The molecule has 0 amide bonds. The molecule has 0 aromatic heterocycles. The lowest BCUT2D eigenvalue weighted by Crippen LogP contribution is -2.03. The molecule has 0 aliphatic carbocycles. The smallest absolute Gasteiger partial charge is 0.132 e. The largest absolute Gasteiger partial charge is 0.508 e. The Hall–Kier alpha value is -3.15. The van der Waals surface area contributed by atoms with Gasteiger partial charge in [0, 0.05) is 18.3 Å². The molecule has 24 heavy (non-hydrogen) atoms. The Kier molecular flexibility index (Phi) is 4.29. The van der Waals surface area contributed by atoms with Crippen molar-refractivity contribution >= 4 is 23.3 Å². The van der Waals surface area contributed by atoms with Crippen LogP contribution in [0.1, 0.15) is 30.9 Å². The van der Waals surface area contributed by atoms with Gasteiger partial charge in [-0.15, -0.1) is 0 Å². The summed E-state index contributed by atoms with van der Waals surface area (Å²) in [5.74, 6) is -0.651. The Morgan fingerprint density at radius 2 is 1.71 bits per heavy atom. The summed E-state index contributed by atoms with van der Waals surface area (Å²) in [7, 11) is 0. The average molecular weight is 323 g/mol. The molecule has 0 bridgehead atoms. The minimum absolute atomic E-state index is 0.197. The van der Waals surface area contributed by atoms with Gasteiger partial charge in [0.1, 0.15) is 17.2 Å². The van der Waals surface area contributed by atoms with E-state index in [0.717, 1.165) is 24.1 Å². The second-order valence-corrected chi connectivity index (χ2v) is 5.49. The standard InChI is InChI=1S/C18H17N3O3/c1-11(18-16(23)9-14(22)10-17(18)24)20-13-6-4-12(5-7-13)15-3-2-8-19-21-15/h4-10,22-24H,2-3H2,1H3. The van der Waals surface area contributed by atoms with Gasteiger partial charge in [0.15, 0.2) is 0 Å². The first-order valence-corrected chi connectivity index (χ1v) is 7.54. The molecule has 122 valence electrons. The summed E-state index contributed by atoms with van der Waals surface area (Å²) in [4.78, 5) is 4.41. The molecule has 0 atom stereocenters. The van der Waals surface area contributed by atoms with Crippen molar-refractivity contribution in [1.29, 1.82) is 0 Å². The predicted molar refractivity (Wildman–Crippen MR) is 94.0 cm³/mol. The number of aromatic hydroxyl groups is 3. The minimum atomic E-state index is -0.222. The fraction of sp³-hybridized carbons (Fsp3) is 0.167. The maximum absolute atomic E-state index is 9.90. The number of benzene rings is 2. The Morgan fingerprint density at radius 1 is 1.04 bits per heavy atom. The van der Waals surface area contributed by atoms with Crippen LogP contribution in [0.25, 0.3) is 0 Å². The van der Waals surface area contributed by atoms with Crippen molar-refractivity contribution in [1.82, 2.24) is 0 Å². The molecule has 6 nitrogen and oxygen atoms in total. The van der Waals surface area contributed by atoms with E-state index in [2.05, 4.69) is 15.2 Å². The summed E-state index contributed by atoms with van der Waals surface area (Å²) in [6, 6.07) is 9.85. The number of rotatable bonds is 3. The molecule has 0 spiro atoms. The zero-order valence-electron chi connectivity index (χ0n) is 13.1. The van der Waals surface area contributed by atoms with Gasteiger partial charge in [0.2, 0.25) is 0 Å². The van der Waals surface area contributed by atoms with E-state index in [9.17, 15) is 15.3 Å². The van der Waals surface area contributed by atoms with Gasteiger partial charge >= 0.3 is 0 Å². The first kappa shape index (κ1) is 15.7. The van der Waals surface area contributed by atoms with E-state index in [-0.39, 0.29) is 22.8 Å². The number of phenols is 3. The van der Waals surface area contributed by atoms with Crippen LogP contribution in [0, 0.1) is 0 Å². The van der Waals surface area contributed by atoms with Crippen molar-refractivity contribution in [3.8, 4) is 17.2 Å². The first-order valence-electron chi connectivity index (χ1n) is 7.54. The summed E-state index contributed by atoms with van der Waals surface area (Å²) in [6.45, 7) is 1.68. The maximum Gasteiger partial charge on any atom is 0.132 e. The van der Waals surface area contributed by atoms with Crippen molar-refractivity contribution < 1.29 is 15.3 Å². The van der Waals surface area contributed by atoms with E-state index in [1.165, 1.54) is 12.1 Å². The molecule has 6 heteroatoms. The first-order chi connectivity index (χ1) is 11.5. The highest BCUT2D eigenvalue weighted by atomic mass is 16.3. The molecule has 1 aliphatic rings. The Morgan fingerprint density at radius 3 is 2.29 bits per heavy atom. The third-order valence-corrected chi connectivity index (χ3v) is 3.71. The summed E-state index contributed by atoms with van der Waals surface area (Å²) < 4.78 is 0. The zero-order chi connectivity index (χ0) is 17.1. The number of aliphatic imine (C=N–C) groups is 1. The molecule has 3 N–H and O–H groups in total. The molecule has 0 saturated heterocycles. The molecular formula is C18H17N3O3. The topological polar surface area (TPSA) is 97.8 Å². The Bertz CT molecular complexity index is 829. The van der Waals surface area contributed by atoms with Crippen LogP contribution in [0.5, 0.6) is 17.2 Å². The molecule has 0 saturated carbocycles. The van der Waals surface area contributed by atoms with E-state index in [1.807, 2.05) is 24.3 Å². The van der Waals surface area contributed by atoms with E-state index in [4.69, 9.17) is 0 Å². The van der Waals surface area contributed by atoms with Gasteiger partial charge in [-0.1, -0.05) is 12.1 Å². The molecular weight excluding hydrogens is 306 g/mol. The summed E-state index contributed by atoms with van der Waals surface area (Å²) in [5, 5.41) is 37.2. The number of hydrogen-bond donors (Lipinski definition) is 3. The Labute approximate surface area is 139 Å². The second-order valence-electron chi connectivity index (χ2n) is 5.49. The number of phenolic OH excluding ortho intramolecular Hbond substituents is 3. The van der Waals surface area contributed by atoms with E-state index < -0.39 is 0 Å². The lowest BCUT2D eigenvalue weighted by molar-refractivity contribution is 0.426. The number of hydrogen-bond acceptors (Lipinski definition) is 6. The monoisotopic (exact) mass is 323 g/mol. The highest BCUT2D eigenvalue weighted by Crippen LogP contribution is 2.33. The van der Waals surface area contributed by atoms with Gasteiger partial charge in [0.05, 0.1) is 22.7 Å². The van der Waals surface area contributed by atoms with Gasteiger partial charge < -0.3 is 15.3 Å². The summed E-state index contributed by atoms with van der Waals surface area (Å²) >= 11 is 0. The highest BCUT2D eigenvalue weighted by molar-refractivity contribution is 6.05. The number of nitrogens with zero attached hydrogens (tertiary/aromatic N) is 3. The lowest BCUT2D eigenvalue weighted by Gasteiger charge is -2.09. The third kappa shape index (κ3) is 3.27. The van der Waals surface area contributed by atoms with Crippen molar-refractivity contribution in [2.24, 2.45) is 15.2 Å². The van der Waals surface area contributed by atoms with Crippen molar-refractivity contribution in [2.75, 3.05) is 0 Å². The van der Waals surface area contributed by atoms with Gasteiger partial charge in [-0.05, 0) is 37.5 Å². The molecule has 1 aliphatic heterocycles. The molecule has 0 unspecified atom stereocenters. The summed E-state index contributed by atoms with van der Waals surface area (Å²) in [5.41, 5.74) is 3.26. The quantitative estimate of drug-likeness (QED) is 0.754. The van der Waals surface area contributed by atoms with Gasteiger partial charge in [-0.2, -0.15) is 10.2 Å².